The molecule has 1 heterocycles. The SMILES string of the molecule is CCOc1ccc(NC(=O)N(CC)CC)cn1. The number of urea groups is 1. The predicted octanol–water partition coefficient (Wildman–Crippen LogP) is 2.35. The van der Waals surface area contributed by atoms with Gasteiger partial charge in [-0.3, -0.25) is 0 Å². The topological polar surface area (TPSA) is 54.5 Å². The summed E-state index contributed by atoms with van der Waals surface area (Å²) in [4.78, 5) is 17.5. The van der Waals surface area contributed by atoms with E-state index in [2.05, 4.69) is 10.3 Å². The predicted molar refractivity (Wildman–Crippen MR) is 67.3 cm³/mol. The molecule has 94 valence electrons. The molecule has 1 aromatic heterocycles. The summed E-state index contributed by atoms with van der Waals surface area (Å²) >= 11 is 0. The summed E-state index contributed by atoms with van der Waals surface area (Å²) in [5, 5.41) is 2.78. The molecule has 0 fully saturated rings. The summed E-state index contributed by atoms with van der Waals surface area (Å²) in [5.41, 5.74) is 0.672. The van der Waals surface area contributed by atoms with Crippen LogP contribution in [0.1, 0.15) is 20.8 Å². The highest BCUT2D eigenvalue weighted by atomic mass is 16.5. The van der Waals surface area contributed by atoms with Crippen molar-refractivity contribution in [1.29, 1.82) is 0 Å². The molecular weight excluding hydrogens is 218 g/mol. The molecule has 0 unspecified atom stereocenters. The average molecular weight is 237 g/mol. The Kier molecular flexibility index (Phi) is 5.26. The molecule has 0 aromatic carbocycles. The van der Waals surface area contributed by atoms with Crippen molar-refractivity contribution in [3.8, 4) is 5.88 Å². The zero-order chi connectivity index (χ0) is 12.7. The molecule has 5 nitrogen and oxygen atoms in total. The largest absolute Gasteiger partial charge is 0.478 e. The summed E-state index contributed by atoms with van der Waals surface area (Å²) < 4.78 is 5.22. The van der Waals surface area contributed by atoms with Gasteiger partial charge in [-0.05, 0) is 26.8 Å². The highest BCUT2D eigenvalue weighted by Crippen LogP contribution is 2.12. The van der Waals surface area contributed by atoms with Crippen molar-refractivity contribution in [1.82, 2.24) is 9.88 Å². The lowest BCUT2D eigenvalue weighted by Gasteiger charge is -2.19. The van der Waals surface area contributed by atoms with E-state index in [1.165, 1.54) is 0 Å². The van der Waals surface area contributed by atoms with Crippen molar-refractivity contribution in [2.24, 2.45) is 0 Å². The van der Waals surface area contributed by atoms with Gasteiger partial charge in [-0.25, -0.2) is 9.78 Å². The molecule has 0 aliphatic heterocycles. The number of hydrogen-bond acceptors (Lipinski definition) is 3. The Morgan fingerprint density at radius 1 is 1.35 bits per heavy atom. The van der Waals surface area contributed by atoms with E-state index < -0.39 is 0 Å². The first kappa shape index (κ1) is 13.3. The highest BCUT2D eigenvalue weighted by Gasteiger charge is 2.09. The Morgan fingerprint density at radius 2 is 2.06 bits per heavy atom. The Morgan fingerprint density at radius 3 is 2.53 bits per heavy atom. The van der Waals surface area contributed by atoms with Gasteiger partial charge in [0.05, 0.1) is 18.5 Å². The molecule has 0 saturated carbocycles. The minimum atomic E-state index is -0.110. The zero-order valence-electron chi connectivity index (χ0n) is 10.6. The summed E-state index contributed by atoms with van der Waals surface area (Å²) in [6, 6.07) is 3.40. The van der Waals surface area contributed by atoms with E-state index >= 15 is 0 Å². The van der Waals surface area contributed by atoms with Crippen LogP contribution in [0.3, 0.4) is 0 Å². The number of nitrogens with zero attached hydrogens (tertiary/aromatic N) is 2. The molecule has 5 heteroatoms. The van der Waals surface area contributed by atoms with E-state index in [-0.39, 0.29) is 6.03 Å². The summed E-state index contributed by atoms with van der Waals surface area (Å²) in [6.45, 7) is 7.74. The third-order valence-electron chi connectivity index (χ3n) is 2.33. The van der Waals surface area contributed by atoms with Gasteiger partial charge in [0.1, 0.15) is 0 Å². The number of carbonyl (C=O) groups is 1. The summed E-state index contributed by atoms with van der Waals surface area (Å²) in [7, 11) is 0. The fraction of sp³-hybridized carbons (Fsp3) is 0.500. The van der Waals surface area contributed by atoms with Crippen LogP contribution in [0.5, 0.6) is 5.88 Å². The summed E-state index contributed by atoms with van der Waals surface area (Å²) in [5.74, 6) is 0.563. The number of ether oxygens (including phenoxy) is 1. The van der Waals surface area contributed by atoms with E-state index in [1.54, 1.807) is 23.2 Å². The van der Waals surface area contributed by atoms with Crippen LogP contribution in [0, 0.1) is 0 Å². The molecule has 1 aromatic rings. The highest BCUT2D eigenvalue weighted by molar-refractivity contribution is 5.89. The number of nitrogens with one attached hydrogen (secondary N) is 1. The quantitative estimate of drug-likeness (QED) is 0.855. The lowest BCUT2D eigenvalue weighted by molar-refractivity contribution is 0.217. The van der Waals surface area contributed by atoms with Gasteiger partial charge < -0.3 is 15.0 Å². The normalized spacial score (nSPS) is 9.82. The van der Waals surface area contributed by atoms with E-state index in [0.717, 1.165) is 0 Å². The van der Waals surface area contributed by atoms with Crippen molar-refractivity contribution in [2.45, 2.75) is 20.8 Å². The number of hydrogen-bond donors (Lipinski definition) is 1. The second kappa shape index (κ2) is 6.73. The first-order valence-corrected chi connectivity index (χ1v) is 5.86. The van der Waals surface area contributed by atoms with Gasteiger partial charge in [-0.2, -0.15) is 0 Å². The van der Waals surface area contributed by atoms with Gasteiger partial charge in [0.2, 0.25) is 5.88 Å². The van der Waals surface area contributed by atoms with Crippen LogP contribution in [0.2, 0.25) is 0 Å². The second-order valence-electron chi connectivity index (χ2n) is 3.42. The van der Waals surface area contributed by atoms with Gasteiger partial charge >= 0.3 is 6.03 Å². The second-order valence-corrected chi connectivity index (χ2v) is 3.42. The fourth-order valence-electron chi connectivity index (χ4n) is 1.40. The number of anilines is 1. The minimum Gasteiger partial charge on any atom is -0.478 e. The lowest BCUT2D eigenvalue weighted by atomic mass is 10.4. The van der Waals surface area contributed by atoms with Crippen LogP contribution in [0.15, 0.2) is 18.3 Å². The molecule has 1 rings (SSSR count). The minimum absolute atomic E-state index is 0.110. The molecule has 17 heavy (non-hydrogen) atoms. The molecule has 0 spiro atoms. The van der Waals surface area contributed by atoms with Crippen molar-refractivity contribution < 1.29 is 9.53 Å². The number of rotatable bonds is 5. The number of amides is 2. The number of aromatic nitrogens is 1. The third-order valence-corrected chi connectivity index (χ3v) is 2.33. The first-order valence-electron chi connectivity index (χ1n) is 5.86. The Bertz CT molecular complexity index is 347. The molecule has 0 saturated heterocycles. The van der Waals surface area contributed by atoms with Crippen molar-refractivity contribution in [3.63, 3.8) is 0 Å². The van der Waals surface area contributed by atoms with E-state index in [1.807, 2.05) is 20.8 Å². The number of pyridine rings is 1. The molecule has 0 atom stereocenters. The van der Waals surface area contributed by atoms with Gasteiger partial charge in [0.15, 0.2) is 0 Å². The van der Waals surface area contributed by atoms with Crippen molar-refractivity contribution in [2.75, 3.05) is 25.0 Å². The molecule has 0 bridgehead atoms. The average Bonchev–Trinajstić information content (AvgIpc) is 2.33. The maximum Gasteiger partial charge on any atom is 0.321 e. The van der Waals surface area contributed by atoms with Gasteiger partial charge in [0, 0.05) is 19.2 Å². The smallest absolute Gasteiger partial charge is 0.321 e. The molecule has 0 radical (unpaired) electrons. The van der Waals surface area contributed by atoms with E-state index in [0.29, 0.717) is 31.3 Å². The van der Waals surface area contributed by atoms with Crippen LogP contribution < -0.4 is 10.1 Å². The molecule has 1 N–H and O–H groups in total. The fourth-order valence-corrected chi connectivity index (χ4v) is 1.40. The maximum atomic E-state index is 11.7. The van der Waals surface area contributed by atoms with Crippen LogP contribution in [0.4, 0.5) is 10.5 Å². The third kappa shape index (κ3) is 3.94. The van der Waals surface area contributed by atoms with Gasteiger partial charge in [-0.1, -0.05) is 0 Å². The maximum absolute atomic E-state index is 11.7. The van der Waals surface area contributed by atoms with Gasteiger partial charge in [0.25, 0.3) is 0 Å². The number of carbonyl (C=O) groups excluding carboxylic acids is 1. The molecule has 0 aliphatic carbocycles. The van der Waals surface area contributed by atoms with E-state index in [9.17, 15) is 4.79 Å². The lowest BCUT2D eigenvalue weighted by Crippen LogP contribution is -2.34. The van der Waals surface area contributed by atoms with Crippen LogP contribution in [0.25, 0.3) is 0 Å². The molecule has 0 aliphatic rings. The zero-order valence-corrected chi connectivity index (χ0v) is 10.6. The molecule has 2 amide bonds. The van der Waals surface area contributed by atoms with Crippen molar-refractivity contribution in [3.05, 3.63) is 18.3 Å². The first-order chi connectivity index (χ1) is 8.21. The monoisotopic (exact) mass is 237 g/mol. The van der Waals surface area contributed by atoms with E-state index in [4.69, 9.17) is 4.74 Å². The van der Waals surface area contributed by atoms with Crippen molar-refractivity contribution >= 4 is 11.7 Å². The summed E-state index contributed by atoms with van der Waals surface area (Å²) in [6.07, 6.45) is 1.59. The standard InChI is InChI=1S/C12H19N3O2/c1-4-15(5-2)12(16)14-10-7-8-11(13-9-10)17-6-3/h7-9H,4-6H2,1-3H3,(H,14,16). The Labute approximate surface area is 102 Å². The van der Waals surface area contributed by atoms with Gasteiger partial charge in [-0.15, -0.1) is 0 Å². The van der Waals surface area contributed by atoms with Crippen LogP contribution >= 0.6 is 0 Å². The molecular formula is C12H19N3O2. The van der Waals surface area contributed by atoms with Crippen LogP contribution in [-0.4, -0.2) is 35.6 Å². The Balaban J connectivity index is 2.59. The van der Waals surface area contributed by atoms with Crippen LogP contribution in [-0.2, 0) is 0 Å². The Hall–Kier alpha value is -1.78.